The van der Waals surface area contributed by atoms with Crippen molar-refractivity contribution in [3.05, 3.63) is 46.8 Å². The van der Waals surface area contributed by atoms with Gasteiger partial charge in [-0.3, -0.25) is 4.79 Å². The molecule has 0 saturated carbocycles. The monoisotopic (exact) mass is 519 g/mol. The first-order chi connectivity index (χ1) is 16.9. The number of thiazole rings is 1. The van der Waals surface area contributed by atoms with Crippen molar-refractivity contribution in [1.82, 2.24) is 8.87 Å². The topological polar surface area (TPSA) is 99.4 Å². The maximum absolute atomic E-state index is 13.0. The largest absolute Gasteiger partial charge is 0.493 e. The van der Waals surface area contributed by atoms with E-state index in [9.17, 15) is 13.2 Å². The van der Waals surface area contributed by atoms with Crippen LogP contribution in [0.5, 0.6) is 11.5 Å². The Morgan fingerprint density at radius 3 is 2.29 bits per heavy atom. The fraction of sp³-hybridized carbons (Fsp3) is 0.417. The Labute approximate surface area is 208 Å². The number of piperidine rings is 1. The summed E-state index contributed by atoms with van der Waals surface area (Å²) in [5, 5.41) is 0. The molecule has 0 radical (unpaired) electrons. The average Bonchev–Trinajstić information content (AvgIpc) is 3.22. The number of sulfonamides is 1. The van der Waals surface area contributed by atoms with Crippen LogP contribution in [0.2, 0.25) is 0 Å². The van der Waals surface area contributed by atoms with Gasteiger partial charge in [-0.05, 0) is 37.1 Å². The lowest BCUT2D eigenvalue weighted by Crippen LogP contribution is -2.35. The molecule has 0 aliphatic carbocycles. The molecule has 1 aliphatic heterocycles. The smallest absolute Gasteiger partial charge is 0.279 e. The van der Waals surface area contributed by atoms with E-state index in [0.29, 0.717) is 48.1 Å². The Kier molecular flexibility index (Phi) is 7.90. The quantitative estimate of drug-likeness (QED) is 0.453. The summed E-state index contributed by atoms with van der Waals surface area (Å²) >= 11 is 1.35. The first-order valence-electron chi connectivity index (χ1n) is 11.3. The highest BCUT2D eigenvalue weighted by Crippen LogP contribution is 2.33. The summed E-state index contributed by atoms with van der Waals surface area (Å²) in [6.07, 6.45) is 2.78. The standard InChI is InChI=1S/C24H29N3O6S2/c1-31-14-13-27-19-15-20(32-2)21(33-3)16-22(19)34-24(27)25-23(28)17-7-9-18(10-8-17)35(29,30)26-11-5-4-6-12-26/h7-10,15-16H,4-6,11-14H2,1-3H3. The first-order valence-corrected chi connectivity index (χ1v) is 13.6. The Bertz CT molecular complexity index is 1370. The Hall–Kier alpha value is -2.73. The molecule has 0 spiro atoms. The van der Waals surface area contributed by atoms with E-state index < -0.39 is 15.9 Å². The van der Waals surface area contributed by atoms with Gasteiger partial charge in [0.1, 0.15) is 0 Å². The molecule has 188 valence electrons. The highest BCUT2D eigenvalue weighted by atomic mass is 32.2. The molecule has 3 aromatic rings. The summed E-state index contributed by atoms with van der Waals surface area (Å²) in [7, 11) is 1.19. The van der Waals surface area contributed by atoms with Crippen LogP contribution in [0.25, 0.3) is 10.2 Å². The van der Waals surface area contributed by atoms with Crippen molar-refractivity contribution in [2.24, 2.45) is 4.99 Å². The van der Waals surface area contributed by atoms with Gasteiger partial charge in [0, 0.05) is 44.4 Å². The molecule has 9 nitrogen and oxygen atoms in total. The van der Waals surface area contributed by atoms with Gasteiger partial charge in [0.2, 0.25) is 10.0 Å². The predicted molar refractivity (Wildman–Crippen MR) is 134 cm³/mol. The second kappa shape index (κ2) is 10.9. The van der Waals surface area contributed by atoms with E-state index >= 15 is 0 Å². The lowest BCUT2D eigenvalue weighted by atomic mass is 10.2. The number of amides is 1. The van der Waals surface area contributed by atoms with E-state index in [0.717, 1.165) is 29.5 Å². The molecule has 0 N–H and O–H groups in total. The number of fused-ring (bicyclic) bond motifs is 1. The van der Waals surface area contributed by atoms with Gasteiger partial charge < -0.3 is 18.8 Å². The first kappa shape index (κ1) is 25.4. The number of rotatable bonds is 8. The number of benzene rings is 2. The summed E-state index contributed by atoms with van der Waals surface area (Å²) in [5.74, 6) is 0.708. The molecule has 35 heavy (non-hydrogen) atoms. The zero-order valence-electron chi connectivity index (χ0n) is 20.0. The third-order valence-corrected chi connectivity index (χ3v) is 8.91. The fourth-order valence-electron chi connectivity index (χ4n) is 4.06. The van der Waals surface area contributed by atoms with Gasteiger partial charge in [-0.1, -0.05) is 17.8 Å². The molecule has 2 heterocycles. The molecule has 2 aromatic carbocycles. The number of ether oxygens (including phenoxy) is 3. The Morgan fingerprint density at radius 2 is 1.66 bits per heavy atom. The molecule has 1 aromatic heterocycles. The van der Waals surface area contributed by atoms with Crippen LogP contribution >= 0.6 is 11.3 Å². The number of hydrogen-bond acceptors (Lipinski definition) is 7. The van der Waals surface area contributed by atoms with Crippen LogP contribution in [0, 0.1) is 0 Å². The van der Waals surface area contributed by atoms with Crippen LogP contribution in [-0.2, 0) is 21.3 Å². The lowest BCUT2D eigenvalue weighted by molar-refractivity contribution is 0.0997. The Balaban J connectivity index is 1.68. The summed E-state index contributed by atoms with van der Waals surface area (Å²) in [6.45, 7) is 1.98. The molecule has 11 heteroatoms. The van der Waals surface area contributed by atoms with Crippen molar-refractivity contribution < 1.29 is 27.4 Å². The zero-order valence-corrected chi connectivity index (χ0v) is 21.7. The minimum absolute atomic E-state index is 0.187. The van der Waals surface area contributed by atoms with Crippen molar-refractivity contribution in [2.45, 2.75) is 30.7 Å². The van der Waals surface area contributed by atoms with Crippen LogP contribution in [0.15, 0.2) is 46.3 Å². The van der Waals surface area contributed by atoms with E-state index in [-0.39, 0.29) is 4.90 Å². The second-order valence-electron chi connectivity index (χ2n) is 8.11. The number of methoxy groups -OCH3 is 3. The summed E-state index contributed by atoms with van der Waals surface area (Å²) < 4.78 is 46.2. The minimum Gasteiger partial charge on any atom is -0.493 e. The van der Waals surface area contributed by atoms with Gasteiger partial charge in [0.25, 0.3) is 5.91 Å². The van der Waals surface area contributed by atoms with Crippen LogP contribution < -0.4 is 14.3 Å². The summed E-state index contributed by atoms with van der Waals surface area (Å²) in [5.41, 5.74) is 1.16. The third kappa shape index (κ3) is 5.27. The van der Waals surface area contributed by atoms with E-state index in [4.69, 9.17) is 14.2 Å². The molecule has 1 aliphatic rings. The lowest BCUT2D eigenvalue weighted by Gasteiger charge is -2.25. The van der Waals surface area contributed by atoms with Gasteiger partial charge >= 0.3 is 0 Å². The van der Waals surface area contributed by atoms with Gasteiger partial charge in [0.05, 0.1) is 35.9 Å². The van der Waals surface area contributed by atoms with Gasteiger partial charge in [0.15, 0.2) is 16.3 Å². The molecule has 0 atom stereocenters. The van der Waals surface area contributed by atoms with E-state index in [1.54, 1.807) is 21.3 Å². The fourth-order valence-corrected chi connectivity index (χ4v) is 6.64. The number of nitrogens with zero attached hydrogens (tertiary/aromatic N) is 3. The summed E-state index contributed by atoms with van der Waals surface area (Å²) in [4.78, 5) is 18.1. The van der Waals surface area contributed by atoms with Crippen molar-refractivity contribution in [2.75, 3.05) is 41.0 Å². The van der Waals surface area contributed by atoms with Crippen LogP contribution in [0.4, 0.5) is 0 Å². The van der Waals surface area contributed by atoms with Crippen molar-refractivity contribution >= 4 is 37.5 Å². The van der Waals surface area contributed by atoms with Crippen LogP contribution in [0.1, 0.15) is 29.6 Å². The summed E-state index contributed by atoms with van der Waals surface area (Å²) in [6, 6.07) is 9.69. The molecule has 1 fully saturated rings. The van der Waals surface area contributed by atoms with Crippen molar-refractivity contribution in [1.29, 1.82) is 0 Å². The van der Waals surface area contributed by atoms with Gasteiger partial charge in [-0.15, -0.1) is 0 Å². The SMILES string of the molecule is COCCn1c(=NC(=O)c2ccc(S(=O)(=O)N3CCCCC3)cc2)sc2cc(OC)c(OC)cc21. The Morgan fingerprint density at radius 1 is 1.00 bits per heavy atom. The maximum atomic E-state index is 13.0. The minimum atomic E-state index is -3.56. The van der Waals surface area contributed by atoms with Crippen molar-refractivity contribution in [3.8, 4) is 11.5 Å². The highest BCUT2D eigenvalue weighted by molar-refractivity contribution is 7.89. The molecule has 1 amide bonds. The third-order valence-electron chi connectivity index (χ3n) is 5.96. The second-order valence-corrected chi connectivity index (χ2v) is 11.1. The number of aromatic nitrogens is 1. The van der Waals surface area contributed by atoms with E-state index in [1.807, 2.05) is 16.7 Å². The van der Waals surface area contributed by atoms with E-state index in [1.165, 1.54) is 39.9 Å². The van der Waals surface area contributed by atoms with E-state index in [2.05, 4.69) is 4.99 Å². The molecule has 0 unspecified atom stereocenters. The number of carbonyl (C=O) groups is 1. The van der Waals surface area contributed by atoms with Gasteiger partial charge in [-0.2, -0.15) is 9.30 Å². The number of carbonyl (C=O) groups excluding carboxylic acids is 1. The maximum Gasteiger partial charge on any atom is 0.279 e. The van der Waals surface area contributed by atoms with Crippen molar-refractivity contribution in [3.63, 3.8) is 0 Å². The van der Waals surface area contributed by atoms with Crippen LogP contribution in [0.3, 0.4) is 0 Å². The molecule has 4 rings (SSSR count). The average molecular weight is 520 g/mol. The highest BCUT2D eigenvalue weighted by Gasteiger charge is 2.26. The molecule has 0 bridgehead atoms. The normalized spacial score (nSPS) is 15.5. The van der Waals surface area contributed by atoms with Crippen LogP contribution in [-0.4, -0.2) is 64.2 Å². The zero-order chi connectivity index (χ0) is 25.0. The molecular weight excluding hydrogens is 490 g/mol. The van der Waals surface area contributed by atoms with Gasteiger partial charge in [-0.25, -0.2) is 8.42 Å². The molecular formula is C24H29N3O6S2. The predicted octanol–water partition coefficient (Wildman–Crippen LogP) is 3.28. The molecule has 1 saturated heterocycles. The number of hydrogen-bond donors (Lipinski definition) is 0.